The second kappa shape index (κ2) is 7.32. The van der Waals surface area contributed by atoms with Crippen molar-refractivity contribution in [3.8, 4) is 11.4 Å². The van der Waals surface area contributed by atoms with E-state index in [-0.39, 0.29) is 5.56 Å². The third-order valence-electron chi connectivity index (χ3n) is 4.69. The Balaban J connectivity index is 1.43. The number of aryl methyl sites for hydroxylation is 1. The summed E-state index contributed by atoms with van der Waals surface area (Å²) >= 11 is 1.78. The number of hydrogen-bond donors (Lipinski definition) is 2. The van der Waals surface area contributed by atoms with Crippen LogP contribution in [0.3, 0.4) is 0 Å². The molecular weight excluding hydrogens is 356 g/mol. The molecule has 27 heavy (non-hydrogen) atoms. The van der Waals surface area contributed by atoms with Crippen LogP contribution in [-0.2, 0) is 6.42 Å². The largest absolute Gasteiger partial charge is 0.370 e. The molecule has 1 aromatic carbocycles. The zero-order valence-electron chi connectivity index (χ0n) is 15.2. The maximum atomic E-state index is 11.9. The van der Waals surface area contributed by atoms with E-state index in [1.54, 1.807) is 24.5 Å². The molecule has 5 nitrogen and oxygen atoms in total. The molecule has 0 aliphatic heterocycles. The van der Waals surface area contributed by atoms with E-state index in [0.29, 0.717) is 11.4 Å². The van der Waals surface area contributed by atoms with Gasteiger partial charge in [-0.1, -0.05) is 18.2 Å². The summed E-state index contributed by atoms with van der Waals surface area (Å²) < 4.78 is 1.32. The second-order valence-electron chi connectivity index (χ2n) is 6.49. The molecule has 136 valence electrons. The van der Waals surface area contributed by atoms with E-state index in [0.717, 1.165) is 30.0 Å². The lowest BCUT2D eigenvalue weighted by molar-refractivity contribution is 1.01. The fourth-order valence-electron chi connectivity index (χ4n) is 2.97. The van der Waals surface area contributed by atoms with Crippen molar-refractivity contribution in [3.05, 3.63) is 75.1 Å². The Morgan fingerprint density at radius 3 is 2.78 bits per heavy atom. The fourth-order valence-corrected chi connectivity index (χ4v) is 3.97. The van der Waals surface area contributed by atoms with E-state index in [1.807, 2.05) is 19.1 Å². The number of aromatic amines is 1. The van der Waals surface area contributed by atoms with Gasteiger partial charge >= 0.3 is 0 Å². The van der Waals surface area contributed by atoms with Crippen molar-refractivity contribution in [2.45, 2.75) is 20.3 Å². The van der Waals surface area contributed by atoms with Crippen molar-refractivity contribution < 1.29 is 0 Å². The zero-order chi connectivity index (χ0) is 18.8. The topological polar surface area (TPSA) is 70.7 Å². The van der Waals surface area contributed by atoms with Gasteiger partial charge in [0, 0.05) is 34.3 Å². The summed E-state index contributed by atoms with van der Waals surface area (Å²) in [5.41, 5.74) is 3.42. The predicted octanol–water partition coefficient (Wildman–Crippen LogP) is 4.32. The normalized spacial score (nSPS) is 11.0. The quantitative estimate of drug-likeness (QED) is 0.544. The Morgan fingerprint density at radius 1 is 1.15 bits per heavy atom. The van der Waals surface area contributed by atoms with Crippen LogP contribution in [0.25, 0.3) is 21.5 Å². The van der Waals surface area contributed by atoms with Crippen LogP contribution in [0.1, 0.15) is 16.8 Å². The number of anilines is 1. The first-order chi connectivity index (χ1) is 13.1. The van der Waals surface area contributed by atoms with Crippen LogP contribution in [0, 0.1) is 13.8 Å². The van der Waals surface area contributed by atoms with Gasteiger partial charge in [-0.15, -0.1) is 11.3 Å². The number of benzene rings is 1. The van der Waals surface area contributed by atoms with Crippen molar-refractivity contribution in [1.29, 1.82) is 0 Å². The molecule has 0 saturated heterocycles. The fraction of sp³-hybridized carbons (Fsp3) is 0.190. The van der Waals surface area contributed by atoms with Crippen molar-refractivity contribution in [2.75, 3.05) is 11.9 Å². The maximum Gasteiger partial charge on any atom is 0.254 e. The van der Waals surface area contributed by atoms with Gasteiger partial charge in [0.05, 0.1) is 0 Å². The van der Waals surface area contributed by atoms with Crippen molar-refractivity contribution >= 4 is 27.2 Å². The lowest BCUT2D eigenvalue weighted by atomic mass is 10.1. The van der Waals surface area contributed by atoms with Gasteiger partial charge in [0.2, 0.25) is 0 Å². The second-order valence-corrected chi connectivity index (χ2v) is 7.40. The summed E-state index contributed by atoms with van der Waals surface area (Å²) in [4.78, 5) is 23.6. The van der Waals surface area contributed by atoms with Crippen LogP contribution in [0.2, 0.25) is 0 Å². The number of hydrogen-bond acceptors (Lipinski definition) is 5. The summed E-state index contributed by atoms with van der Waals surface area (Å²) in [5, 5.41) is 6.92. The summed E-state index contributed by atoms with van der Waals surface area (Å²) in [7, 11) is 0. The highest BCUT2D eigenvalue weighted by Crippen LogP contribution is 2.26. The number of fused-ring (bicyclic) bond motifs is 1. The first kappa shape index (κ1) is 17.4. The molecular formula is C21H20N4OS. The third-order valence-corrected chi connectivity index (χ3v) is 5.71. The minimum atomic E-state index is -0.109. The molecule has 0 aliphatic carbocycles. The van der Waals surface area contributed by atoms with Crippen LogP contribution in [0.15, 0.2) is 52.8 Å². The molecule has 4 aromatic rings. The highest BCUT2D eigenvalue weighted by molar-refractivity contribution is 7.17. The Bertz CT molecular complexity index is 1150. The molecule has 0 radical (unpaired) electrons. The number of nitrogens with zero attached hydrogens (tertiary/aromatic N) is 2. The van der Waals surface area contributed by atoms with E-state index in [4.69, 9.17) is 0 Å². The summed E-state index contributed by atoms with van der Waals surface area (Å²) in [5.74, 6) is 1.36. The van der Waals surface area contributed by atoms with Gasteiger partial charge in [-0.3, -0.25) is 4.79 Å². The number of aromatic nitrogens is 3. The van der Waals surface area contributed by atoms with Gasteiger partial charge < -0.3 is 10.3 Å². The molecule has 0 fully saturated rings. The number of thiophene rings is 1. The molecule has 0 atom stereocenters. The van der Waals surface area contributed by atoms with Crippen molar-refractivity contribution in [2.24, 2.45) is 0 Å². The molecule has 0 unspecified atom stereocenters. The monoisotopic (exact) mass is 376 g/mol. The average Bonchev–Trinajstić information content (AvgIpc) is 3.09. The molecule has 4 rings (SSSR count). The summed E-state index contributed by atoms with van der Waals surface area (Å²) in [6.07, 6.45) is 2.68. The number of nitrogens with one attached hydrogen (secondary N) is 2. The van der Waals surface area contributed by atoms with Gasteiger partial charge in [0.15, 0.2) is 0 Å². The molecule has 0 bridgehead atoms. The molecule has 0 saturated carbocycles. The van der Waals surface area contributed by atoms with Crippen LogP contribution in [0.5, 0.6) is 0 Å². The highest BCUT2D eigenvalue weighted by atomic mass is 32.1. The number of H-pyrrole nitrogens is 1. The molecule has 6 heteroatoms. The van der Waals surface area contributed by atoms with E-state index < -0.39 is 0 Å². The SMILES string of the molecule is Cc1nc(-c2ccc(NCCc3csc4ccccc34)nc2)[nH]c(=O)c1C. The van der Waals surface area contributed by atoms with Crippen LogP contribution >= 0.6 is 11.3 Å². The number of pyridine rings is 1. The first-order valence-corrected chi connectivity index (χ1v) is 9.73. The Labute approximate surface area is 161 Å². The predicted molar refractivity (Wildman–Crippen MR) is 112 cm³/mol. The lowest BCUT2D eigenvalue weighted by Crippen LogP contribution is -2.14. The Kier molecular flexibility index (Phi) is 4.73. The van der Waals surface area contributed by atoms with Gasteiger partial charge in [0.25, 0.3) is 5.56 Å². The first-order valence-electron chi connectivity index (χ1n) is 8.85. The zero-order valence-corrected chi connectivity index (χ0v) is 16.1. The Hall–Kier alpha value is -2.99. The number of rotatable bonds is 5. The molecule has 0 spiro atoms. The van der Waals surface area contributed by atoms with E-state index in [9.17, 15) is 4.79 Å². The van der Waals surface area contributed by atoms with Crippen molar-refractivity contribution in [1.82, 2.24) is 15.0 Å². The smallest absolute Gasteiger partial charge is 0.254 e. The maximum absolute atomic E-state index is 11.9. The molecule has 3 aromatic heterocycles. The van der Waals surface area contributed by atoms with Gasteiger partial charge in [-0.2, -0.15) is 0 Å². The minimum Gasteiger partial charge on any atom is -0.370 e. The van der Waals surface area contributed by atoms with Gasteiger partial charge in [-0.05, 0) is 54.8 Å². The van der Waals surface area contributed by atoms with Crippen molar-refractivity contribution in [3.63, 3.8) is 0 Å². The minimum absolute atomic E-state index is 0.109. The molecule has 0 aliphatic rings. The van der Waals surface area contributed by atoms with Crippen LogP contribution in [0.4, 0.5) is 5.82 Å². The standard InChI is InChI=1S/C21H20N4OS/c1-13-14(2)24-20(25-21(13)26)15-7-8-19(23-11-15)22-10-9-16-12-27-18-6-4-3-5-17(16)18/h3-8,11-12H,9-10H2,1-2H3,(H,22,23)(H,24,25,26). The van der Waals surface area contributed by atoms with Gasteiger partial charge in [0.1, 0.15) is 11.6 Å². The van der Waals surface area contributed by atoms with E-state index >= 15 is 0 Å². The van der Waals surface area contributed by atoms with E-state index in [2.05, 4.69) is 49.9 Å². The third kappa shape index (κ3) is 3.61. The van der Waals surface area contributed by atoms with Crippen LogP contribution in [-0.4, -0.2) is 21.5 Å². The highest BCUT2D eigenvalue weighted by Gasteiger charge is 2.07. The molecule has 2 N–H and O–H groups in total. The Morgan fingerprint density at radius 2 is 2.00 bits per heavy atom. The summed E-state index contributed by atoms with van der Waals surface area (Å²) in [6, 6.07) is 12.3. The average molecular weight is 376 g/mol. The summed E-state index contributed by atoms with van der Waals surface area (Å²) in [6.45, 7) is 4.42. The lowest BCUT2D eigenvalue weighted by Gasteiger charge is -2.07. The van der Waals surface area contributed by atoms with E-state index in [1.165, 1.54) is 15.6 Å². The van der Waals surface area contributed by atoms with Crippen LogP contribution < -0.4 is 10.9 Å². The van der Waals surface area contributed by atoms with Gasteiger partial charge in [-0.25, -0.2) is 9.97 Å². The molecule has 3 heterocycles. The molecule has 0 amide bonds.